The number of esters is 1. The Hall–Kier alpha value is -2.09. The Kier molecular flexibility index (Phi) is 9.52. The van der Waals surface area contributed by atoms with Gasteiger partial charge in [-0.1, -0.05) is 53.6 Å². The maximum atomic E-state index is 11.4. The van der Waals surface area contributed by atoms with Crippen molar-refractivity contribution in [2.45, 2.75) is 53.4 Å². The van der Waals surface area contributed by atoms with Crippen molar-refractivity contribution in [1.29, 1.82) is 0 Å². The number of ether oxygens (including phenoxy) is 1. The van der Waals surface area contributed by atoms with Gasteiger partial charge in [0.25, 0.3) is 0 Å². The van der Waals surface area contributed by atoms with Gasteiger partial charge in [0, 0.05) is 6.08 Å². The van der Waals surface area contributed by atoms with Crippen LogP contribution >= 0.6 is 0 Å². The molecule has 0 bridgehead atoms. The highest BCUT2D eigenvalue weighted by Gasteiger charge is 1.98. The molecule has 1 aromatic rings. The van der Waals surface area contributed by atoms with E-state index in [1.165, 1.54) is 16.7 Å². The SMILES string of the molecule is CCOC(=O)/C=C(\C)CC/C=C(\C)CC/C=C(\C)c1ccccc1. The van der Waals surface area contributed by atoms with Gasteiger partial charge in [0.15, 0.2) is 0 Å². The molecule has 0 aliphatic carbocycles. The molecule has 0 unspecified atom stereocenters. The first kappa shape index (κ1) is 20.0. The summed E-state index contributed by atoms with van der Waals surface area (Å²) in [4.78, 5) is 11.4. The first-order valence-electron chi connectivity index (χ1n) is 8.74. The summed E-state index contributed by atoms with van der Waals surface area (Å²) in [5.41, 5.74) is 5.09. The van der Waals surface area contributed by atoms with E-state index in [2.05, 4.69) is 50.3 Å². The molecule has 0 aromatic heterocycles. The Morgan fingerprint density at radius 1 is 0.958 bits per heavy atom. The summed E-state index contributed by atoms with van der Waals surface area (Å²) >= 11 is 0. The Balaban J connectivity index is 2.36. The van der Waals surface area contributed by atoms with E-state index >= 15 is 0 Å². The highest BCUT2D eigenvalue weighted by Crippen LogP contribution is 2.16. The van der Waals surface area contributed by atoms with Crippen LogP contribution in [0.5, 0.6) is 0 Å². The Morgan fingerprint density at radius 3 is 2.25 bits per heavy atom. The molecule has 0 spiro atoms. The van der Waals surface area contributed by atoms with Crippen LogP contribution in [0.15, 0.2) is 59.7 Å². The summed E-state index contributed by atoms with van der Waals surface area (Å²) < 4.78 is 4.91. The van der Waals surface area contributed by atoms with Crippen LogP contribution in [0.3, 0.4) is 0 Å². The second-order valence-electron chi connectivity index (χ2n) is 6.12. The van der Waals surface area contributed by atoms with Crippen molar-refractivity contribution >= 4 is 11.5 Å². The largest absolute Gasteiger partial charge is 0.463 e. The molecule has 0 N–H and O–H groups in total. The van der Waals surface area contributed by atoms with Crippen LogP contribution < -0.4 is 0 Å². The van der Waals surface area contributed by atoms with E-state index in [0.717, 1.165) is 31.3 Å². The van der Waals surface area contributed by atoms with Crippen LogP contribution in [-0.4, -0.2) is 12.6 Å². The lowest BCUT2D eigenvalue weighted by atomic mass is 10.0. The fourth-order valence-electron chi connectivity index (χ4n) is 2.44. The van der Waals surface area contributed by atoms with Crippen LogP contribution in [0.4, 0.5) is 0 Å². The van der Waals surface area contributed by atoms with Crippen molar-refractivity contribution in [2.75, 3.05) is 6.61 Å². The average molecular weight is 326 g/mol. The van der Waals surface area contributed by atoms with Gasteiger partial charge in [-0.25, -0.2) is 4.79 Å². The van der Waals surface area contributed by atoms with E-state index in [0.29, 0.717) is 6.61 Å². The second-order valence-corrected chi connectivity index (χ2v) is 6.12. The van der Waals surface area contributed by atoms with Crippen LogP contribution in [0.2, 0.25) is 0 Å². The second kappa shape index (κ2) is 11.4. The van der Waals surface area contributed by atoms with Crippen molar-refractivity contribution in [3.8, 4) is 0 Å². The molecule has 0 amide bonds. The van der Waals surface area contributed by atoms with Gasteiger partial charge >= 0.3 is 5.97 Å². The molecule has 130 valence electrons. The lowest BCUT2D eigenvalue weighted by Gasteiger charge is -2.03. The van der Waals surface area contributed by atoms with Gasteiger partial charge < -0.3 is 4.74 Å². The topological polar surface area (TPSA) is 26.3 Å². The van der Waals surface area contributed by atoms with Crippen molar-refractivity contribution in [3.05, 3.63) is 65.3 Å². The predicted molar refractivity (Wildman–Crippen MR) is 103 cm³/mol. The number of allylic oxidation sites excluding steroid dienone is 5. The molecule has 1 rings (SSSR count). The van der Waals surface area contributed by atoms with Crippen LogP contribution in [0.1, 0.15) is 58.9 Å². The van der Waals surface area contributed by atoms with Gasteiger partial charge in [-0.05, 0) is 64.5 Å². The molecule has 1 aromatic carbocycles. The van der Waals surface area contributed by atoms with Gasteiger partial charge in [-0.2, -0.15) is 0 Å². The third-order valence-corrected chi connectivity index (χ3v) is 3.90. The molecule has 0 heterocycles. The smallest absolute Gasteiger partial charge is 0.330 e. The van der Waals surface area contributed by atoms with E-state index in [9.17, 15) is 4.79 Å². The van der Waals surface area contributed by atoms with E-state index in [1.54, 1.807) is 6.08 Å². The van der Waals surface area contributed by atoms with E-state index < -0.39 is 0 Å². The quantitative estimate of drug-likeness (QED) is 0.311. The molecule has 0 saturated heterocycles. The van der Waals surface area contributed by atoms with Crippen LogP contribution in [-0.2, 0) is 9.53 Å². The monoisotopic (exact) mass is 326 g/mol. The van der Waals surface area contributed by atoms with Crippen LogP contribution in [0.25, 0.3) is 5.57 Å². The minimum Gasteiger partial charge on any atom is -0.463 e. The molecule has 0 fully saturated rings. The minimum absolute atomic E-state index is 0.239. The summed E-state index contributed by atoms with van der Waals surface area (Å²) in [6.45, 7) is 8.57. The molecule has 24 heavy (non-hydrogen) atoms. The summed E-state index contributed by atoms with van der Waals surface area (Å²) in [6.07, 6.45) is 10.2. The maximum Gasteiger partial charge on any atom is 0.330 e. The number of rotatable bonds is 9. The number of carbonyl (C=O) groups is 1. The standard InChI is InChI=1S/C22H30O2/c1-5-24-22(23)17-19(3)13-9-11-18(2)12-10-14-20(4)21-15-7-6-8-16-21/h6-8,11,14-17H,5,9-10,12-13H2,1-4H3/b18-11+,19-17+,20-14+. The third kappa shape index (κ3) is 8.52. The average Bonchev–Trinajstić information content (AvgIpc) is 2.55. The van der Waals surface area contributed by atoms with Gasteiger partial charge in [-0.15, -0.1) is 0 Å². The Labute approximate surface area is 146 Å². The van der Waals surface area contributed by atoms with Gasteiger partial charge in [0.1, 0.15) is 0 Å². The van der Waals surface area contributed by atoms with E-state index in [-0.39, 0.29) is 5.97 Å². The molecular formula is C22H30O2. The highest BCUT2D eigenvalue weighted by atomic mass is 16.5. The summed E-state index contributed by atoms with van der Waals surface area (Å²) in [7, 11) is 0. The lowest BCUT2D eigenvalue weighted by Crippen LogP contribution is -2.00. The minimum atomic E-state index is -0.239. The number of carbonyl (C=O) groups excluding carboxylic acids is 1. The fraction of sp³-hybridized carbons (Fsp3) is 0.409. The molecule has 0 aliphatic rings. The van der Waals surface area contributed by atoms with Crippen molar-refractivity contribution in [3.63, 3.8) is 0 Å². The summed E-state index contributed by atoms with van der Waals surface area (Å²) in [5, 5.41) is 0. The molecule has 0 saturated carbocycles. The normalized spacial score (nSPS) is 13.1. The maximum absolute atomic E-state index is 11.4. The molecule has 2 nitrogen and oxygen atoms in total. The van der Waals surface area contributed by atoms with Crippen molar-refractivity contribution in [1.82, 2.24) is 0 Å². The first-order valence-corrected chi connectivity index (χ1v) is 8.74. The third-order valence-electron chi connectivity index (χ3n) is 3.90. The Morgan fingerprint density at radius 2 is 1.58 bits per heavy atom. The van der Waals surface area contributed by atoms with Gasteiger partial charge in [0.05, 0.1) is 6.61 Å². The Bertz CT molecular complexity index is 592. The molecule has 0 aliphatic heterocycles. The number of hydrogen-bond acceptors (Lipinski definition) is 2. The fourth-order valence-corrected chi connectivity index (χ4v) is 2.44. The molecular weight excluding hydrogens is 296 g/mol. The molecule has 0 radical (unpaired) electrons. The number of benzene rings is 1. The van der Waals surface area contributed by atoms with Crippen molar-refractivity contribution in [2.24, 2.45) is 0 Å². The number of hydrogen-bond donors (Lipinski definition) is 0. The van der Waals surface area contributed by atoms with E-state index in [4.69, 9.17) is 4.74 Å². The zero-order valence-electron chi connectivity index (χ0n) is 15.5. The van der Waals surface area contributed by atoms with Crippen molar-refractivity contribution < 1.29 is 9.53 Å². The summed E-state index contributed by atoms with van der Waals surface area (Å²) in [5.74, 6) is -0.239. The summed E-state index contributed by atoms with van der Waals surface area (Å²) in [6, 6.07) is 10.5. The highest BCUT2D eigenvalue weighted by molar-refractivity contribution is 5.82. The van der Waals surface area contributed by atoms with Crippen LogP contribution in [0, 0.1) is 0 Å². The van der Waals surface area contributed by atoms with E-state index in [1.807, 2.05) is 19.9 Å². The molecule has 0 atom stereocenters. The van der Waals surface area contributed by atoms with Gasteiger partial charge in [-0.3, -0.25) is 0 Å². The lowest BCUT2D eigenvalue weighted by molar-refractivity contribution is -0.137. The molecule has 2 heteroatoms. The zero-order chi connectivity index (χ0) is 17.8. The zero-order valence-corrected chi connectivity index (χ0v) is 15.5. The van der Waals surface area contributed by atoms with Gasteiger partial charge in [0.2, 0.25) is 0 Å². The first-order chi connectivity index (χ1) is 11.5. The predicted octanol–water partition coefficient (Wildman–Crippen LogP) is 6.11.